The maximum atomic E-state index is 13.2. The predicted octanol–water partition coefficient (Wildman–Crippen LogP) is 5.03. The lowest BCUT2D eigenvalue weighted by Crippen LogP contribution is -2.17. The molecule has 0 unspecified atom stereocenters. The zero-order valence-corrected chi connectivity index (χ0v) is 16.9. The summed E-state index contributed by atoms with van der Waals surface area (Å²) in [6.07, 6.45) is 1.25. The molecule has 5 nitrogen and oxygen atoms in total. The van der Waals surface area contributed by atoms with Gasteiger partial charge in [-0.25, -0.2) is 8.78 Å². The highest BCUT2D eigenvalue weighted by molar-refractivity contribution is 6.36. The van der Waals surface area contributed by atoms with Gasteiger partial charge in [-0.05, 0) is 42.0 Å². The molecule has 1 aromatic heterocycles. The number of carbonyl (C=O) groups excluding carboxylic acids is 2. The van der Waals surface area contributed by atoms with Gasteiger partial charge in [-0.3, -0.25) is 14.6 Å². The summed E-state index contributed by atoms with van der Waals surface area (Å²) >= 11 is 12.2. The second-order valence-electron chi connectivity index (χ2n) is 6.34. The minimum atomic E-state index is -0.799. The summed E-state index contributed by atoms with van der Waals surface area (Å²) in [5.74, 6) is -2.46. The minimum Gasteiger partial charge on any atom is -0.326 e. The van der Waals surface area contributed by atoms with Gasteiger partial charge in [0.25, 0.3) is 0 Å². The van der Waals surface area contributed by atoms with Gasteiger partial charge in [-0.1, -0.05) is 29.3 Å². The van der Waals surface area contributed by atoms with E-state index in [4.69, 9.17) is 23.2 Å². The van der Waals surface area contributed by atoms with Crippen LogP contribution >= 0.6 is 23.2 Å². The van der Waals surface area contributed by atoms with Gasteiger partial charge in [0.15, 0.2) is 0 Å². The number of anilines is 2. The number of rotatable bonds is 6. The smallest absolute Gasteiger partial charge is 0.230 e. The third kappa shape index (κ3) is 5.98. The summed E-state index contributed by atoms with van der Waals surface area (Å²) in [5.41, 5.74) is 1.30. The van der Waals surface area contributed by atoms with Gasteiger partial charge in [-0.2, -0.15) is 0 Å². The largest absolute Gasteiger partial charge is 0.326 e. The van der Waals surface area contributed by atoms with Crippen molar-refractivity contribution >= 4 is 46.4 Å². The Morgan fingerprint density at radius 3 is 2.10 bits per heavy atom. The van der Waals surface area contributed by atoms with Crippen LogP contribution in [0.2, 0.25) is 10.0 Å². The van der Waals surface area contributed by atoms with Gasteiger partial charge in [-0.15, -0.1) is 0 Å². The fourth-order valence-electron chi connectivity index (χ4n) is 2.72. The van der Waals surface area contributed by atoms with E-state index in [-0.39, 0.29) is 24.4 Å². The standard InChI is InChI=1S/C21H15Cl2F2N3O2/c22-18-2-1-3-19(23)17(18)11-21(30)27-14-4-5-26-15(9-14)10-20(29)28-16-7-12(24)6-13(25)8-16/h1-9H,10-11H2,(H,28,29)(H,26,27,30). The van der Waals surface area contributed by atoms with Crippen molar-refractivity contribution in [3.63, 3.8) is 0 Å². The molecule has 0 saturated heterocycles. The number of hydrogen-bond donors (Lipinski definition) is 2. The summed E-state index contributed by atoms with van der Waals surface area (Å²) in [6.45, 7) is 0. The molecule has 0 fully saturated rings. The zero-order chi connectivity index (χ0) is 21.7. The van der Waals surface area contributed by atoms with Gasteiger partial charge in [0.2, 0.25) is 11.8 Å². The van der Waals surface area contributed by atoms with Crippen molar-refractivity contribution in [1.82, 2.24) is 4.98 Å². The average molecular weight is 450 g/mol. The highest BCUT2D eigenvalue weighted by Gasteiger charge is 2.12. The Kier molecular flexibility index (Phi) is 6.97. The van der Waals surface area contributed by atoms with Crippen LogP contribution in [0, 0.1) is 11.6 Å². The molecule has 0 aliphatic carbocycles. The molecule has 0 radical (unpaired) electrons. The Morgan fingerprint density at radius 2 is 1.43 bits per heavy atom. The Bertz CT molecular complexity index is 1070. The minimum absolute atomic E-state index is 0.00132. The molecular formula is C21H15Cl2F2N3O2. The van der Waals surface area contributed by atoms with Crippen LogP contribution in [0.1, 0.15) is 11.3 Å². The van der Waals surface area contributed by atoms with Crippen LogP contribution in [0.3, 0.4) is 0 Å². The Hall–Kier alpha value is -3.03. The van der Waals surface area contributed by atoms with E-state index in [1.165, 1.54) is 12.3 Å². The van der Waals surface area contributed by atoms with E-state index in [0.29, 0.717) is 33.1 Å². The second kappa shape index (κ2) is 9.65. The molecule has 2 aromatic carbocycles. The molecule has 2 amide bonds. The number of aromatic nitrogens is 1. The summed E-state index contributed by atoms with van der Waals surface area (Å²) in [5, 5.41) is 5.87. The van der Waals surface area contributed by atoms with Crippen molar-refractivity contribution < 1.29 is 18.4 Å². The van der Waals surface area contributed by atoms with Crippen molar-refractivity contribution in [2.45, 2.75) is 12.8 Å². The van der Waals surface area contributed by atoms with E-state index < -0.39 is 17.5 Å². The molecule has 3 aromatic rings. The number of nitrogens with zero attached hydrogens (tertiary/aromatic N) is 1. The van der Waals surface area contributed by atoms with Crippen LogP contribution in [0.25, 0.3) is 0 Å². The molecule has 154 valence electrons. The molecule has 2 N–H and O–H groups in total. The number of hydrogen-bond acceptors (Lipinski definition) is 3. The molecular weight excluding hydrogens is 435 g/mol. The maximum Gasteiger partial charge on any atom is 0.230 e. The Morgan fingerprint density at radius 1 is 0.833 bits per heavy atom. The van der Waals surface area contributed by atoms with Crippen LogP contribution in [0.5, 0.6) is 0 Å². The first-order chi connectivity index (χ1) is 14.3. The lowest BCUT2D eigenvalue weighted by Gasteiger charge is -2.09. The van der Waals surface area contributed by atoms with Crippen molar-refractivity contribution in [2.24, 2.45) is 0 Å². The number of carbonyl (C=O) groups is 2. The monoisotopic (exact) mass is 449 g/mol. The lowest BCUT2D eigenvalue weighted by molar-refractivity contribution is -0.116. The molecule has 0 atom stereocenters. The Labute approximate surface area is 181 Å². The molecule has 0 spiro atoms. The van der Waals surface area contributed by atoms with Crippen LogP contribution in [0.4, 0.5) is 20.2 Å². The summed E-state index contributed by atoms with van der Waals surface area (Å²) in [4.78, 5) is 28.5. The van der Waals surface area contributed by atoms with Crippen LogP contribution in [-0.2, 0) is 22.4 Å². The topological polar surface area (TPSA) is 71.1 Å². The molecule has 0 saturated carbocycles. The third-order valence-corrected chi connectivity index (χ3v) is 4.70. The molecule has 0 aliphatic heterocycles. The van der Waals surface area contributed by atoms with Gasteiger partial charge in [0, 0.05) is 33.7 Å². The molecule has 1 heterocycles. The van der Waals surface area contributed by atoms with Crippen LogP contribution in [-0.4, -0.2) is 16.8 Å². The molecule has 0 aliphatic rings. The third-order valence-electron chi connectivity index (χ3n) is 3.99. The number of nitrogens with one attached hydrogen (secondary N) is 2. The molecule has 30 heavy (non-hydrogen) atoms. The highest BCUT2D eigenvalue weighted by atomic mass is 35.5. The van der Waals surface area contributed by atoms with Gasteiger partial charge < -0.3 is 10.6 Å². The zero-order valence-electron chi connectivity index (χ0n) is 15.4. The SMILES string of the molecule is O=C(Cc1cc(NC(=O)Cc2c(Cl)cccc2Cl)ccn1)Nc1cc(F)cc(F)c1. The van der Waals surface area contributed by atoms with Crippen molar-refractivity contribution in [3.05, 3.63) is 87.7 Å². The van der Waals surface area contributed by atoms with E-state index in [9.17, 15) is 18.4 Å². The molecule has 0 bridgehead atoms. The molecule has 3 rings (SSSR count). The van der Waals surface area contributed by atoms with E-state index >= 15 is 0 Å². The Balaban J connectivity index is 1.62. The number of pyridine rings is 1. The summed E-state index contributed by atoms with van der Waals surface area (Å²) < 4.78 is 26.5. The van der Waals surface area contributed by atoms with Crippen molar-refractivity contribution in [2.75, 3.05) is 10.6 Å². The predicted molar refractivity (Wildman–Crippen MR) is 112 cm³/mol. The number of benzene rings is 2. The molecule has 9 heteroatoms. The summed E-state index contributed by atoms with van der Waals surface area (Å²) in [6, 6.07) is 10.8. The first kappa shape index (κ1) is 21.7. The van der Waals surface area contributed by atoms with E-state index in [1.54, 1.807) is 24.3 Å². The average Bonchev–Trinajstić information content (AvgIpc) is 2.64. The quantitative estimate of drug-likeness (QED) is 0.554. The summed E-state index contributed by atoms with van der Waals surface area (Å²) in [7, 11) is 0. The van der Waals surface area contributed by atoms with Gasteiger partial charge in [0.05, 0.1) is 18.5 Å². The van der Waals surface area contributed by atoms with Gasteiger partial charge >= 0.3 is 0 Å². The highest BCUT2D eigenvalue weighted by Crippen LogP contribution is 2.25. The van der Waals surface area contributed by atoms with Crippen molar-refractivity contribution in [1.29, 1.82) is 0 Å². The number of halogens is 4. The van der Waals surface area contributed by atoms with Gasteiger partial charge in [0.1, 0.15) is 11.6 Å². The van der Waals surface area contributed by atoms with Crippen molar-refractivity contribution in [3.8, 4) is 0 Å². The maximum absolute atomic E-state index is 13.2. The first-order valence-electron chi connectivity index (χ1n) is 8.74. The fourth-order valence-corrected chi connectivity index (χ4v) is 3.25. The first-order valence-corrected chi connectivity index (χ1v) is 9.49. The second-order valence-corrected chi connectivity index (χ2v) is 7.16. The van der Waals surface area contributed by atoms with Crippen LogP contribution < -0.4 is 10.6 Å². The normalized spacial score (nSPS) is 10.5. The van der Waals surface area contributed by atoms with Crippen LogP contribution in [0.15, 0.2) is 54.7 Å². The van der Waals surface area contributed by atoms with E-state index in [1.807, 2.05) is 0 Å². The number of amides is 2. The van der Waals surface area contributed by atoms with E-state index in [2.05, 4.69) is 15.6 Å². The van der Waals surface area contributed by atoms with E-state index in [0.717, 1.165) is 12.1 Å². The lowest BCUT2D eigenvalue weighted by atomic mass is 10.1. The fraction of sp³-hybridized carbons (Fsp3) is 0.0952.